The van der Waals surface area contributed by atoms with Crippen LogP contribution < -0.4 is 0 Å². The minimum atomic E-state index is -0.788. The van der Waals surface area contributed by atoms with Crippen molar-refractivity contribution >= 4 is 0 Å². The molecule has 0 saturated heterocycles. The number of rotatable bonds is 4. The molecule has 0 saturated carbocycles. The molecule has 0 fully saturated rings. The summed E-state index contributed by atoms with van der Waals surface area (Å²) in [6.07, 6.45) is 3.96. The zero-order chi connectivity index (χ0) is 18.8. The predicted molar refractivity (Wildman–Crippen MR) is 103 cm³/mol. The lowest BCUT2D eigenvalue weighted by Crippen LogP contribution is -2.30. The summed E-state index contributed by atoms with van der Waals surface area (Å²) in [6.45, 7) is 4.59. The van der Waals surface area contributed by atoms with Gasteiger partial charge in [-0.3, -0.25) is 4.90 Å². The zero-order valence-electron chi connectivity index (χ0n) is 15.5. The Kier molecular flexibility index (Phi) is 5.08. The highest BCUT2D eigenvalue weighted by atomic mass is 19.2. The molecule has 27 heavy (non-hydrogen) atoms. The Morgan fingerprint density at radius 1 is 0.926 bits per heavy atom. The fraction of sp³-hybridized carbons (Fsp3) is 0.304. The maximum absolute atomic E-state index is 14.8. The summed E-state index contributed by atoms with van der Waals surface area (Å²) in [7, 11) is 0. The molecular formula is C23H24F2N2. The van der Waals surface area contributed by atoms with E-state index in [9.17, 15) is 8.78 Å². The highest BCUT2D eigenvalue weighted by Crippen LogP contribution is 2.35. The van der Waals surface area contributed by atoms with Crippen molar-refractivity contribution < 1.29 is 8.78 Å². The SMILES string of the molecule is CCc1ccccc1CN1CCCn2cccc2[C@H]1c1cccc(F)c1F. The summed E-state index contributed by atoms with van der Waals surface area (Å²) >= 11 is 0. The van der Waals surface area contributed by atoms with Crippen molar-refractivity contribution in [1.82, 2.24) is 9.47 Å². The van der Waals surface area contributed by atoms with Gasteiger partial charge in [0.1, 0.15) is 0 Å². The summed E-state index contributed by atoms with van der Waals surface area (Å²) in [5.74, 6) is -1.53. The van der Waals surface area contributed by atoms with Crippen LogP contribution in [0.2, 0.25) is 0 Å². The van der Waals surface area contributed by atoms with Gasteiger partial charge in [-0.15, -0.1) is 0 Å². The lowest BCUT2D eigenvalue weighted by atomic mass is 9.98. The van der Waals surface area contributed by atoms with E-state index in [4.69, 9.17) is 0 Å². The molecule has 2 heterocycles. The smallest absolute Gasteiger partial charge is 0.163 e. The molecule has 0 amide bonds. The molecular weight excluding hydrogens is 342 g/mol. The van der Waals surface area contributed by atoms with Crippen LogP contribution in [0.1, 0.15) is 41.8 Å². The number of hydrogen-bond donors (Lipinski definition) is 0. The lowest BCUT2D eigenvalue weighted by molar-refractivity contribution is 0.215. The van der Waals surface area contributed by atoms with Crippen LogP contribution >= 0.6 is 0 Å². The van der Waals surface area contributed by atoms with E-state index in [2.05, 4.69) is 34.6 Å². The van der Waals surface area contributed by atoms with Crippen molar-refractivity contribution in [2.75, 3.05) is 6.54 Å². The molecule has 4 rings (SSSR count). The Bertz CT molecular complexity index is 932. The van der Waals surface area contributed by atoms with Gasteiger partial charge in [-0.25, -0.2) is 8.78 Å². The Morgan fingerprint density at radius 2 is 1.74 bits per heavy atom. The third-order valence-electron chi connectivity index (χ3n) is 5.50. The van der Waals surface area contributed by atoms with Gasteiger partial charge in [-0.05, 0) is 42.2 Å². The topological polar surface area (TPSA) is 8.17 Å². The quantitative estimate of drug-likeness (QED) is 0.606. The summed E-state index contributed by atoms with van der Waals surface area (Å²) in [5, 5.41) is 0. The first kappa shape index (κ1) is 17.9. The highest BCUT2D eigenvalue weighted by Gasteiger charge is 2.30. The highest BCUT2D eigenvalue weighted by molar-refractivity contribution is 5.33. The minimum Gasteiger partial charge on any atom is -0.350 e. The van der Waals surface area contributed by atoms with Gasteiger partial charge in [-0.2, -0.15) is 0 Å². The third kappa shape index (κ3) is 3.42. The normalized spacial score (nSPS) is 17.5. The van der Waals surface area contributed by atoms with Crippen molar-refractivity contribution in [3.8, 4) is 0 Å². The number of fused-ring (bicyclic) bond motifs is 1. The molecule has 0 N–H and O–H groups in total. The first-order valence-electron chi connectivity index (χ1n) is 9.58. The van der Waals surface area contributed by atoms with E-state index in [0.29, 0.717) is 5.56 Å². The average molecular weight is 366 g/mol. The van der Waals surface area contributed by atoms with Gasteiger partial charge < -0.3 is 4.57 Å². The number of hydrogen-bond acceptors (Lipinski definition) is 1. The Morgan fingerprint density at radius 3 is 2.56 bits per heavy atom. The molecule has 2 aromatic carbocycles. The number of halogens is 2. The van der Waals surface area contributed by atoms with Gasteiger partial charge in [-0.1, -0.05) is 43.3 Å². The van der Waals surface area contributed by atoms with Crippen molar-refractivity contribution in [1.29, 1.82) is 0 Å². The Balaban J connectivity index is 1.80. The molecule has 3 aromatic rings. The fourth-order valence-corrected chi connectivity index (χ4v) is 4.17. The molecule has 0 aliphatic carbocycles. The van der Waals surface area contributed by atoms with Crippen LogP contribution in [0.3, 0.4) is 0 Å². The van der Waals surface area contributed by atoms with Crippen LogP contribution in [0.15, 0.2) is 60.8 Å². The summed E-state index contributed by atoms with van der Waals surface area (Å²) < 4.78 is 30.9. The third-order valence-corrected chi connectivity index (χ3v) is 5.50. The monoisotopic (exact) mass is 366 g/mol. The van der Waals surface area contributed by atoms with Crippen molar-refractivity contribution in [3.63, 3.8) is 0 Å². The number of aromatic nitrogens is 1. The van der Waals surface area contributed by atoms with Crippen LogP contribution in [-0.2, 0) is 19.5 Å². The maximum atomic E-state index is 14.8. The molecule has 1 aliphatic rings. The van der Waals surface area contributed by atoms with Gasteiger partial charge in [0, 0.05) is 37.1 Å². The summed E-state index contributed by atoms with van der Waals surface area (Å²) in [4.78, 5) is 2.28. The Labute approximate surface area is 159 Å². The van der Waals surface area contributed by atoms with Crippen LogP contribution in [0.5, 0.6) is 0 Å². The van der Waals surface area contributed by atoms with Crippen LogP contribution in [0, 0.1) is 11.6 Å². The zero-order valence-corrected chi connectivity index (χ0v) is 15.5. The van der Waals surface area contributed by atoms with Crippen molar-refractivity contribution in [2.45, 2.75) is 38.9 Å². The molecule has 1 aromatic heterocycles. The minimum absolute atomic E-state index is 0.303. The number of nitrogens with zero attached hydrogens (tertiary/aromatic N) is 2. The van der Waals surface area contributed by atoms with Gasteiger partial charge in [0.2, 0.25) is 0 Å². The van der Waals surface area contributed by atoms with E-state index < -0.39 is 11.6 Å². The summed E-state index contributed by atoms with van der Waals surface area (Å²) in [6, 6.07) is 16.6. The molecule has 0 spiro atoms. The molecule has 0 bridgehead atoms. The second-order valence-corrected chi connectivity index (χ2v) is 7.12. The van der Waals surface area contributed by atoms with Crippen molar-refractivity contribution in [2.24, 2.45) is 0 Å². The molecule has 1 aliphatic heterocycles. The van der Waals surface area contributed by atoms with E-state index in [1.807, 2.05) is 24.4 Å². The lowest BCUT2D eigenvalue weighted by Gasteiger charge is -2.31. The van der Waals surface area contributed by atoms with Gasteiger partial charge in [0.25, 0.3) is 0 Å². The van der Waals surface area contributed by atoms with E-state index in [-0.39, 0.29) is 6.04 Å². The van der Waals surface area contributed by atoms with Gasteiger partial charge in [0.05, 0.1) is 6.04 Å². The standard InChI is InChI=1S/C23H24F2N2/c1-2-17-8-3-4-9-18(17)16-27-15-7-14-26-13-6-12-21(26)23(27)19-10-5-11-20(24)22(19)25/h3-6,8-13,23H,2,7,14-16H2,1H3/t23-/m1/s1. The van der Waals surface area contributed by atoms with E-state index >= 15 is 0 Å². The molecule has 1 atom stereocenters. The number of benzene rings is 2. The van der Waals surface area contributed by atoms with Gasteiger partial charge >= 0.3 is 0 Å². The largest absolute Gasteiger partial charge is 0.350 e. The fourth-order valence-electron chi connectivity index (χ4n) is 4.17. The Hall–Kier alpha value is -2.46. The second kappa shape index (κ2) is 7.65. The molecule has 2 nitrogen and oxygen atoms in total. The van der Waals surface area contributed by atoms with E-state index in [0.717, 1.165) is 38.2 Å². The van der Waals surface area contributed by atoms with Crippen molar-refractivity contribution in [3.05, 3.63) is 94.8 Å². The molecule has 0 radical (unpaired) electrons. The van der Waals surface area contributed by atoms with E-state index in [1.165, 1.54) is 17.2 Å². The first-order valence-corrected chi connectivity index (χ1v) is 9.58. The van der Waals surface area contributed by atoms with Crippen LogP contribution in [-0.4, -0.2) is 16.0 Å². The maximum Gasteiger partial charge on any atom is 0.163 e. The number of aryl methyl sites for hydroxylation is 2. The molecule has 0 unspecified atom stereocenters. The first-order chi connectivity index (χ1) is 13.2. The van der Waals surface area contributed by atoms with Crippen LogP contribution in [0.4, 0.5) is 8.78 Å². The molecule has 140 valence electrons. The average Bonchev–Trinajstić information content (AvgIpc) is 3.07. The van der Waals surface area contributed by atoms with Gasteiger partial charge in [0.15, 0.2) is 11.6 Å². The summed E-state index contributed by atoms with van der Waals surface area (Å²) in [5.41, 5.74) is 3.98. The second-order valence-electron chi connectivity index (χ2n) is 7.12. The van der Waals surface area contributed by atoms with E-state index in [1.54, 1.807) is 12.1 Å². The molecule has 4 heteroatoms. The van der Waals surface area contributed by atoms with Crippen LogP contribution in [0.25, 0.3) is 0 Å². The predicted octanol–water partition coefficient (Wildman–Crippen LogP) is 5.32.